The molecule has 0 bridgehead atoms. The smallest absolute Gasteiger partial charge is 0.0441 e. The summed E-state index contributed by atoms with van der Waals surface area (Å²) in [6.45, 7) is 6.76. The summed E-state index contributed by atoms with van der Waals surface area (Å²) in [5.74, 6) is 0. The molecule has 1 aromatic rings. The van der Waals surface area contributed by atoms with Crippen molar-refractivity contribution >= 4 is 0 Å². The molecule has 0 amide bonds. The van der Waals surface area contributed by atoms with Gasteiger partial charge in [-0.05, 0) is 36.3 Å². The van der Waals surface area contributed by atoms with Gasteiger partial charge in [0.25, 0.3) is 0 Å². The largest absolute Gasteiger partial charge is 0.321 e. The van der Waals surface area contributed by atoms with Crippen molar-refractivity contribution in [1.82, 2.24) is 0 Å². The molecule has 0 radical (unpaired) electrons. The lowest BCUT2D eigenvalue weighted by molar-refractivity contribution is 0.165. The minimum Gasteiger partial charge on any atom is -0.321 e. The van der Waals surface area contributed by atoms with E-state index in [1.165, 1.54) is 24.0 Å². The maximum Gasteiger partial charge on any atom is 0.0441 e. The molecule has 0 fully saturated rings. The fourth-order valence-corrected chi connectivity index (χ4v) is 3.01. The van der Waals surface area contributed by atoms with Crippen molar-refractivity contribution in [1.29, 1.82) is 0 Å². The number of rotatable bonds is 2. The van der Waals surface area contributed by atoms with E-state index in [2.05, 4.69) is 45.0 Å². The van der Waals surface area contributed by atoms with E-state index in [1.54, 1.807) is 0 Å². The first kappa shape index (κ1) is 10.7. The van der Waals surface area contributed by atoms with Crippen molar-refractivity contribution in [2.24, 2.45) is 11.1 Å². The summed E-state index contributed by atoms with van der Waals surface area (Å²) < 4.78 is 0. The van der Waals surface area contributed by atoms with Crippen LogP contribution < -0.4 is 5.73 Å². The molecular formula is C14H21N. The van der Waals surface area contributed by atoms with Crippen molar-refractivity contribution in [2.45, 2.75) is 45.6 Å². The molecule has 2 rings (SSSR count). The SMILES string of the molecule is CCCC1(C)Cc2ccccc2C1(C)N. The van der Waals surface area contributed by atoms with Crippen LogP contribution in [0.2, 0.25) is 0 Å². The molecule has 0 aliphatic heterocycles. The van der Waals surface area contributed by atoms with E-state index in [0.717, 1.165) is 6.42 Å². The van der Waals surface area contributed by atoms with Gasteiger partial charge in [0.2, 0.25) is 0 Å². The Morgan fingerprint density at radius 1 is 1.27 bits per heavy atom. The topological polar surface area (TPSA) is 26.0 Å². The molecule has 1 aliphatic carbocycles. The molecule has 1 nitrogen and oxygen atoms in total. The van der Waals surface area contributed by atoms with Gasteiger partial charge in [0.1, 0.15) is 0 Å². The molecule has 2 N–H and O–H groups in total. The summed E-state index contributed by atoms with van der Waals surface area (Å²) in [5, 5.41) is 0. The van der Waals surface area contributed by atoms with E-state index in [1.807, 2.05) is 0 Å². The highest BCUT2D eigenvalue weighted by atomic mass is 14.8. The second-order valence-corrected chi connectivity index (χ2v) is 5.35. The maximum atomic E-state index is 6.55. The van der Waals surface area contributed by atoms with Crippen LogP contribution in [0.3, 0.4) is 0 Å². The number of hydrogen-bond donors (Lipinski definition) is 1. The van der Waals surface area contributed by atoms with Gasteiger partial charge in [-0.15, -0.1) is 0 Å². The van der Waals surface area contributed by atoms with E-state index >= 15 is 0 Å². The molecule has 0 aromatic heterocycles. The average Bonchev–Trinajstić information content (AvgIpc) is 2.36. The van der Waals surface area contributed by atoms with Gasteiger partial charge >= 0.3 is 0 Å². The fraction of sp³-hybridized carbons (Fsp3) is 0.571. The van der Waals surface area contributed by atoms with Crippen LogP contribution in [-0.2, 0) is 12.0 Å². The van der Waals surface area contributed by atoms with Crippen molar-refractivity contribution in [3.05, 3.63) is 35.4 Å². The molecular weight excluding hydrogens is 182 g/mol. The van der Waals surface area contributed by atoms with Crippen LogP contribution in [0.25, 0.3) is 0 Å². The first-order chi connectivity index (χ1) is 7.01. The molecule has 1 aliphatic rings. The molecule has 15 heavy (non-hydrogen) atoms. The van der Waals surface area contributed by atoms with E-state index in [0.29, 0.717) is 0 Å². The summed E-state index contributed by atoms with van der Waals surface area (Å²) in [7, 11) is 0. The van der Waals surface area contributed by atoms with E-state index in [4.69, 9.17) is 5.73 Å². The second-order valence-electron chi connectivity index (χ2n) is 5.35. The van der Waals surface area contributed by atoms with Crippen molar-refractivity contribution < 1.29 is 0 Å². The van der Waals surface area contributed by atoms with Crippen LogP contribution in [0.4, 0.5) is 0 Å². The zero-order chi connectivity index (χ0) is 11.1. The molecule has 0 saturated heterocycles. The van der Waals surface area contributed by atoms with Gasteiger partial charge in [0.15, 0.2) is 0 Å². The Hall–Kier alpha value is -0.820. The highest BCUT2D eigenvalue weighted by Gasteiger charge is 2.48. The molecule has 2 atom stereocenters. The Labute approximate surface area is 92.7 Å². The average molecular weight is 203 g/mol. The first-order valence-electron chi connectivity index (χ1n) is 5.88. The zero-order valence-corrected chi connectivity index (χ0v) is 10.0. The Bertz CT molecular complexity index is 367. The third kappa shape index (κ3) is 1.41. The van der Waals surface area contributed by atoms with Gasteiger partial charge in [-0.3, -0.25) is 0 Å². The standard InChI is InChI=1S/C14H21N/c1-4-9-13(2)10-11-7-5-6-8-12(11)14(13,3)15/h5-8H,4,9-10,15H2,1-3H3. The van der Waals surface area contributed by atoms with Crippen LogP contribution in [-0.4, -0.2) is 0 Å². The number of fused-ring (bicyclic) bond motifs is 1. The molecule has 82 valence electrons. The fourth-order valence-electron chi connectivity index (χ4n) is 3.01. The van der Waals surface area contributed by atoms with Crippen LogP contribution in [0.1, 0.15) is 44.7 Å². The van der Waals surface area contributed by atoms with Crippen LogP contribution in [0.5, 0.6) is 0 Å². The first-order valence-corrected chi connectivity index (χ1v) is 5.88. The predicted molar refractivity (Wildman–Crippen MR) is 64.7 cm³/mol. The van der Waals surface area contributed by atoms with E-state index in [-0.39, 0.29) is 11.0 Å². The summed E-state index contributed by atoms with van der Waals surface area (Å²) in [6.07, 6.45) is 3.54. The van der Waals surface area contributed by atoms with Gasteiger partial charge in [0.05, 0.1) is 0 Å². The van der Waals surface area contributed by atoms with E-state index in [9.17, 15) is 0 Å². The van der Waals surface area contributed by atoms with Gasteiger partial charge in [-0.2, -0.15) is 0 Å². The normalized spacial score (nSPS) is 34.1. The number of hydrogen-bond acceptors (Lipinski definition) is 1. The molecule has 1 heteroatoms. The molecule has 0 saturated carbocycles. The zero-order valence-electron chi connectivity index (χ0n) is 10.0. The van der Waals surface area contributed by atoms with Gasteiger partial charge in [0, 0.05) is 5.54 Å². The Morgan fingerprint density at radius 3 is 2.53 bits per heavy atom. The van der Waals surface area contributed by atoms with Crippen LogP contribution >= 0.6 is 0 Å². The van der Waals surface area contributed by atoms with Crippen molar-refractivity contribution in [2.75, 3.05) is 0 Å². The second kappa shape index (κ2) is 3.34. The summed E-state index contributed by atoms with van der Waals surface area (Å²) in [6, 6.07) is 8.63. The van der Waals surface area contributed by atoms with E-state index < -0.39 is 0 Å². The molecule has 0 spiro atoms. The van der Waals surface area contributed by atoms with Crippen molar-refractivity contribution in [3.8, 4) is 0 Å². The lowest BCUT2D eigenvalue weighted by Crippen LogP contribution is -2.45. The lowest BCUT2D eigenvalue weighted by atomic mass is 9.70. The Morgan fingerprint density at radius 2 is 1.93 bits per heavy atom. The molecule has 2 unspecified atom stereocenters. The van der Waals surface area contributed by atoms with Gasteiger partial charge < -0.3 is 5.73 Å². The number of benzene rings is 1. The lowest BCUT2D eigenvalue weighted by Gasteiger charge is -2.38. The predicted octanol–water partition coefficient (Wildman–Crippen LogP) is 3.22. The van der Waals surface area contributed by atoms with Crippen LogP contribution in [0.15, 0.2) is 24.3 Å². The highest BCUT2D eigenvalue weighted by molar-refractivity contribution is 5.41. The third-order valence-electron chi connectivity index (χ3n) is 4.21. The van der Waals surface area contributed by atoms with Crippen LogP contribution in [0, 0.1) is 5.41 Å². The molecule has 0 heterocycles. The van der Waals surface area contributed by atoms with Crippen molar-refractivity contribution in [3.63, 3.8) is 0 Å². The maximum absolute atomic E-state index is 6.55. The number of nitrogens with two attached hydrogens (primary N) is 1. The Balaban J connectivity index is 2.46. The quantitative estimate of drug-likeness (QED) is 0.784. The summed E-state index contributed by atoms with van der Waals surface area (Å²) in [4.78, 5) is 0. The molecule has 1 aromatic carbocycles. The summed E-state index contributed by atoms with van der Waals surface area (Å²) >= 11 is 0. The summed E-state index contributed by atoms with van der Waals surface area (Å²) in [5.41, 5.74) is 9.41. The minimum absolute atomic E-state index is 0.167. The van der Waals surface area contributed by atoms with Gasteiger partial charge in [-0.25, -0.2) is 0 Å². The highest BCUT2D eigenvalue weighted by Crippen LogP contribution is 2.50. The van der Waals surface area contributed by atoms with Gasteiger partial charge in [-0.1, -0.05) is 44.5 Å². The Kier molecular flexibility index (Phi) is 2.38. The third-order valence-corrected chi connectivity index (χ3v) is 4.21. The monoisotopic (exact) mass is 203 g/mol. The minimum atomic E-state index is -0.167.